The van der Waals surface area contributed by atoms with Gasteiger partial charge in [-0.25, -0.2) is 4.79 Å². The molecule has 3 rings (SSSR count). The molecule has 0 bridgehead atoms. The smallest absolute Gasteiger partial charge is 0.408 e. The van der Waals surface area contributed by atoms with Crippen molar-refractivity contribution >= 4 is 62.9 Å². The SMILES string of the molecule is O=C(N[C@H](Cc1cc(I)c(O)c(I)c1)C(=O)Nc1ccccc1)OCc1ccccc1. The van der Waals surface area contributed by atoms with E-state index < -0.39 is 12.1 Å². The Morgan fingerprint density at radius 1 is 0.903 bits per heavy atom. The van der Waals surface area contributed by atoms with E-state index in [1.54, 1.807) is 24.3 Å². The number of nitrogens with one attached hydrogen (secondary N) is 2. The maximum atomic E-state index is 12.9. The number of halogens is 2. The van der Waals surface area contributed by atoms with Crippen LogP contribution >= 0.6 is 45.2 Å². The minimum Gasteiger partial charge on any atom is -0.506 e. The number of phenols is 1. The lowest BCUT2D eigenvalue weighted by atomic mass is 10.0. The number of ether oxygens (including phenoxy) is 1. The Morgan fingerprint density at radius 2 is 1.48 bits per heavy atom. The van der Waals surface area contributed by atoms with Gasteiger partial charge in [0.05, 0.1) is 7.14 Å². The molecule has 1 atom stereocenters. The standard InChI is InChI=1S/C23H20I2N2O4/c24-18-11-16(12-19(25)21(18)28)13-20(22(29)26-17-9-5-2-6-10-17)27-23(30)31-14-15-7-3-1-4-8-15/h1-12,20,28H,13-14H2,(H,26,29)(H,27,30)/t20-/m1/s1. The van der Waals surface area contributed by atoms with E-state index in [1.165, 1.54) is 0 Å². The second kappa shape index (κ2) is 11.3. The van der Waals surface area contributed by atoms with Gasteiger partial charge in [0.1, 0.15) is 18.4 Å². The molecule has 8 heteroatoms. The topological polar surface area (TPSA) is 87.7 Å². The highest BCUT2D eigenvalue weighted by atomic mass is 127. The molecule has 0 radical (unpaired) electrons. The number of phenolic OH excluding ortho intramolecular Hbond substituents is 1. The van der Waals surface area contributed by atoms with Crippen LogP contribution in [0.2, 0.25) is 0 Å². The van der Waals surface area contributed by atoms with Gasteiger partial charge in [0.15, 0.2) is 0 Å². The number of amides is 2. The quantitative estimate of drug-likeness (QED) is 0.314. The number of hydrogen-bond donors (Lipinski definition) is 3. The first-order valence-corrected chi connectivity index (χ1v) is 11.6. The number of benzene rings is 3. The summed E-state index contributed by atoms with van der Waals surface area (Å²) in [6.07, 6.45) is -0.439. The Labute approximate surface area is 207 Å². The van der Waals surface area contributed by atoms with Crippen molar-refractivity contribution in [2.45, 2.75) is 19.1 Å². The first kappa shape index (κ1) is 23.3. The molecular weight excluding hydrogens is 622 g/mol. The zero-order chi connectivity index (χ0) is 22.2. The number of para-hydroxylation sites is 1. The molecule has 0 heterocycles. The Morgan fingerprint density at radius 3 is 2.10 bits per heavy atom. The van der Waals surface area contributed by atoms with Gasteiger partial charge in [0.2, 0.25) is 5.91 Å². The molecule has 0 fully saturated rings. The molecule has 3 aromatic rings. The van der Waals surface area contributed by atoms with Crippen molar-refractivity contribution in [3.05, 3.63) is 91.1 Å². The van der Waals surface area contributed by atoms with Gasteiger partial charge >= 0.3 is 6.09 Å². The fraction of sp³-hybridized carbons (Fsp3) is 0.130. The second-order valence-corrected chi connectivity index (χ2v) is 9.05. The number of aromatic hydroxyl groups is 1. The van der Waals surface area contributed by atoms with E-state index in [9.17, 15) is 14.7 Å². The summed E-state index contributed by atoms with van der Waals surface area (Å²) in [5.41, 5.74) is 2.29. The van der Waals surface area contributed by atoms with Crippen molar-refractivity contribution in [1.82, 2.24) is 5.32 Å². The highest BCUT2D eigenvalue weighted by Gasteiger charge is 2.23. The number of alkyl carbamates (subject to hydrolysis) is 1. The Hall–Kier alpha value is -2.34. The second-order valence-electron chi connectivity index (χ2n) is 6.73. The average molecular weight is 642 g/mol. The summed E-state index contributed by atoms with van der Waals surface area (Å²) in [5.74, 6) is -0.161. The third kappa shape index (κ3) is 7.10. The van der Waals surface area contributed by atoms with Crippen molar-refractivity contribution < 1.29 is 19.4 Å². The predicted octanol–water partition coefficient (Wildman–Crippen LogP) is 5.08. The monoisotopic (exact) mass is 642 g/mol. The van der Waals surface area contributed by atoms with Crippen LogP contribution in [0.3, 0.4) is 0 Å². The number of anilines is 1. The zero-order valence-electron chi connectivity index (χ0n) is 16.3. The van der Waals surface area contributed by atoms with Crippen LogP contribution in [0, 0.1) is 7.14 Å². The van der Waals surface area contributed by atoms with Crippen LogP contribution in [0.4, 0.5) is 10.5 Å². The first-order chi connectivity index (χ1) is 14.9. The Bertz CT molecular complexity index is 1020. The van der Waals surface area contributed by atoms with E-state index in [0.29, 0.717) is 12.8 Å². The molecule has 0 aliphatic carbocycles. The van der Waals surface area contributed by atoms with Crippen molar-refractivity contribution in [1.29, 1.82) is 0 Å². The fourth-order valence-corrected chi connectivity index (χ4v) is 4.74. The van der Waals surface area contributed by atoms with E-state index in [2.05, 4.69) is 10.6 Å². The summed E-state index contributed by atoms with van der Waals surface area (Å²) in [6, 6.07) is 21.1. The lowest BCUT2D eigenvalue weighted by molar-refractivity contribution is -0.118. The van der Waals surface area contributed by atoms with E-state index in [4.69, 9.17) is 4.74 Å². The lowest BCUT2D eigenvalue weighted by Crippen LogP contribution is -2.45. The fourth-order valence-electron chi connectivity index (χ4n) is 2.84. The van der Waals surface area contributed by atoms with Gasteiger partial charge in [0.25, 0.3) is 0 Å². The molecule has 0 unspecified atom stereocenters. The predicted molar refractivity (Wildman–Crippen MR) is 136 cm³/mol. The summed E-state index contributed by atoms with van der Waals surface area (Å²) < 4.78 is 6.64. The van der Waals surface area contributed by atoms with E-state index in [-0.39, 0.29) is 24.7 Å². The minimum atomic E-state index is -0.861. The lowest BCUT2D eigenvalue weighted by Gasteiger charge is -2.19. The van der Waals surface area contributed by atoms with E-state index in [1.807, 2.05) is 93.7 Å². The molecule has 0 aromatic heterocycles. The molecule has 2 amide bonds. The molecule has 31 heavy (non-hydrogen) atoms. The first-order valence-electron chi connectivity index (χ1n) is 9.42. The molecule has 3 N–H and O–H groups in total. The van der Waals surface area contributed by atoms with Crippen LogP contribution in [0.15, 0.2) is 72.8 Å². The maximum Gasteiger partial charge on any atom is 0.408 e. The molecule has 6 nitrogen and oxygen atoms in total. The van der Waals surface area contributed by atoms with Crippen molar-refractivity contribution in [2.24, 2.45) is 0 Å². The normalized spacial score (nSPS) is 11.4. The molecule has 3 aromatic carbocycles. The average Bonchev–Trinajstić information content (AvgIpc) is 2.77. The summed E-state index contributed by atoms with van der Waals surface area (Å²) in [5, 5.41) is 15.5. The van der Waals surface area contributed by atoms with E-state index in [0.717, 1.165) is 11.1 Å². The van der Waals surface area contributed by atoms with Gasteiger partial charge < -0.3 is 20.5 Å². The zero-order valence-corrected chi connectivity index (χ0v) is 20.7. The summed E-state index contributed by atoms with van der Waals surface area (Å²) in [6.45, 7) is 0.106. The van der Waals surface area contributed by atoms with Crippen molar-refractivity contribution in [2.75, 3.05) is 5.32 Å². The van der Waals surface area contributed by atoms with Gasteiger partial charge in [-0.05, 0) is 80.6 Å². The van der Waals surface area contributed by atoms with Gasteiger partial charge in [0, 0.05) is 12.1 Å². The van der Waals surface area contributed by atoms with Crippen LogP contribution in [0.5, 0.6) is 5.75 Å². The van der Waals surface area contributed by atoms with Crippen LogP contribution in [0.1, 0.15) is 11.1 Å². The van der Waals surface area contributed by atoms with Crippen LogP contribution in [0.25, 0.3) is 0 Å². The highest BCUT2D eigenvalue weighted by Crippen LogP contribution is 2.28. The van der Waals surface area contributed by atoms with Crippen LogP contribution in [-0.2, 0) is 22.6 Å². The van der Waals surface area contributed by atoms with Crippen LogP contribution < -0.4 is 10.6 Å². The molecule has 160 valence electrons. The van der Waals surface area contributed by atoms with Gasteiger partial charge in [-0.15, -0.1) is 0 Å². The summed E-state index contributed by atoms with van der Waals surface area (Å²) in [4.78, 5) is 25.3. The minimum absolute atomic E-state index is 0.106. The molecule has 0 saturated carbocycles. The number of hydrogen-bond acceptors (Lipinski definition) is 4. The largest absolute Gasteiger partial charge is 0.506 e. The van der Waals surface area contributed by atoms with Crippen molar-refractivity contribution in [3.8, 4) is 5.75 Å². The molecule has 0 saturated heterocycles. The molecule has 0 spiro atoms. The van der Waals surface area contributed by atoms with Gasteiger partial charge in [-0.3, -0.25) is 4.79 Å². The third-order valence-electron chi connectivity index (χ3n) is 4.38. The summed E-state index contributed by atoms with van der Waals surface area (Å²) >= 11 is 4.07. The van der Waals surface area contributed by atoms with Gasteiger partial charge in [-0.2, -0.15) is 0 Å². The number of carbonyl (C=O) groups is 2. The molecule has 0 aliphatic heterocycles. The van der Waals surface area contributed by atoms with Crippen LogP contribution in [-0.4, -0.2) is 23.1 Å². The molecule has 0 aliphatic rings. The van der Waals surface area contributed by atoms with Gasteiger partial charge in [-0.1, -0.05) is 48.5 Å². The highest BCUT2D eigenvalue weighted by molar-refractivity contribution is 14.1. The maximum absolute atomic E-state index is 12.9. The number of carbonyl (C=O) groups excluding carboxylic acids is 2. The number of rotatable bonds is 7. The molecular formula is C23H20I2N2O4. The Kier molecular flexibility index (Phi) is 8.52. The van der Waals surface area contributed by atoms with Crippen molar-refractivity contribution in [3.63, 3.8) is 0 Å². The summed E-state index contributed by atoms with van der Waals surface area (Å²) in [7, 11) is 0. The van der Waals surface area contributed by atoms with E-state index >= 15 is 0 Å². The third-order valence-corrected chi connectivity index (χ3v) is 6.02. The Balaban J connectivity index is 1.73.